The molecule has 7 nitrogen and oxygen atoms in total. The molecule has 0 saturated carbocycles. The van der Waals surface area contributed by atoms with Gasteiger partial charge in [0.1, 0.15) is 6.61 Å². The van der Waals surface area contributed by atoms with Gasteiger partial charge in [0.05, 0.1) is 13.1 Å². The third kappa shape index (κ3) is 4.67. The third-order valence-electron chi connectivity index (χ3n) is 6.57. The molecule has 172 valence electrons. The number of hydrogen-bond donors (Lipinski definition) is 0. The predicted molar refractivity (Wildman–Crippen MR) is 122 cm³/mol. The minimum atomic E-state index is -0.106. The number of nitrogens with zero attached hydrogens (tertiary/aromatic N) is 3. The van der Waals surface area contributed by atoms with Gasteiger partial charge in [-0.25, -0.2) is 0 Å². The van der Waals surface area contributed by atoms with Crippen molar-refractivity contribution in [1.29, 1.82) is 0 Å². The molecule has 1 aromatic heterocycles. The molecule has 1 saturated heterocycles. The number of carbonyl (C=O) groups is 2. The second-order valence-electron chi connectivity index (χ2n) is 9.10. The summed E-state index contributed by atoms with van der Waals surface area (Å²) in [7, 11) is 3.61. The van der Waals surface area contributed by atoms with Crippen molar-refractivity contribution in [1.82, 2.24) is 14.4 Å². The van der Waals surface area contributed by atoms with Gasteiger partial charge < -0.3 is 18.9 Å². The molecule has 0 spiro atoms. The van der Waals surface area contributed by atoms with Gasteiger partial charge in [-0.2, -0.15) is 0 Å². The Bertz CT molecular complexity index is 989. The van der Waals surface area contributed by atoms with E-state index in [1.54, 1.807) is 19.0 Å². The summed E-state index contributed by atoms with van der Waals surface area (Å²) in [5.74, 6) is 1.93. The highest BCUT2D eigenvalue weighted by atomic mass is 16.6. The van der Waals surface area contributed by atoms with Crippen molar-refractivity contribution in [3.8, 4) is 11.5 Å². The summed E-state index contributed by atoms with van der Waals surface area (Å²) in [6, 6.07) is 9.68. The van der Waals surface area contributed by atoms with Crippen LogP contribution >= 0.6 is 0 Å². The normalized spacial score (nSPS) is 19.1. The number of para-hydroxylation sites is 2. The van der Waals surface area contributed by atoms with Crippen LogP contribution in [0.1, 0.15) is 34.6 Å². The van der Waals surface area contributed by atoms with Crippen LogP contribution in [-0.2, 0) is 11.3 Å². The number of rotatable bonds is 6. The quantitative estimate of drug-likeness (QED) is 0.648. The van der Waals surface area contributed by atoms with Crippen molar-refractivity contribution in [2.75, 3.05) is 40.3 Å². The Morgan fingerprint density at radius 2 is 1.78 bits per heavy atom. The van der Waals surface area contributed by atoms with E-state index in [1.165, 1.54) is 0 Å². The summed E-state index contributed by atoms with van der Waals surface area (Å²) < 4.78 is 14.1. The van der Waals surface area contributed by atoms with E-state index < -0.39 is 0 Å². The Morgan fingerprint density at radius 3 is 2.47 bits per heavy atom. The van der Waals surface area contributed by atoms with Crippen LogP contribution < -0.4 is 9.47 Å². The topological polar surface area (TPSA) is 64.0 Å². The number of amides is 1. The number of ether oxygens (including phenoxy) is 2. The number of carbonyl (C=O) groups excluding carboxylic acids is 2. The molecule has 0 bridgehead atoms. The summed E-state index contributed by atoms with van der Waals surface area (Å²) in [5.41, 5.74) is 2.78. The Labute approximate surface area is 189 Å². The maximum absolute atomic E-state index is 13.1. The molecule has 1 fully saturated rings. The van der Waals surface area contributed by atoms with E-state index >= 15 is 0 Å². The number of likely N-dealkylation sites (tertiary alicyclic amines) is 1. The van der Waals surface area contributed by atoms with Crippen LogP contribution in [0.3, 0.4) is 0 Å². The minimum Gasteiger partial charge on any atom is -0.486 e. The van der Waals surface area contributed by atoms with E-state index in [0.717, 1.165) is 54.4 Å². The van der Waals surface area contributed by atoms with Crippen molar-refractivity contribution in [3.63, 3.8) is 0 Å². The summed E-state index contributed by atoms with van der Waals surface area (Å²) in [6.07, 6.45) is 1.51. The van der Waals surface area contributed by atoms with E-state index in [4.69, 9.17) is 9.47 Å². The lowest BCUT2D eigenvalue weighted by Crippen LogP contribution is -2.42. The number of aromatic nitrogens is 1. The Morgan fingerprint density at radius 1 is 1.09 bits per heavy atom. The molecular formula is C25H33N3O4. The van der Waals surface area contributed by atoms with Crippen LogP contribution in [-0.4, -0.2) is 72.5 Å². The summed E-state index contributed by atoms with van der Waals surface area (Å²) in [6.45, 7) is 7.10. The fraction of sp³-hybridized carbons (Fsp3) is 0.520. The van der Waals surface area contributed by atoms with Crippen LogP contribution in [0.2, 0.25) is 0 Å². The fourth-order valence-corrected chi connectivity index (χ4v) is 4.71. The molecule has 0 radical (unpaired) electrons. The van der Waals surface area contributed by atoms with Crippen molar-refractivity contribution in [2.24, 2.45) is 5.92 Å². The molecule has 3 heterocycles. The smallest absolute Gasteiger partial charge is 0.225 e. The van der Waals surface area contributed by atoms with Crippen LogP contribution in [0.4, 0.5) is 0 Å². The lowest BCUT2D eigenvalue weighted by molar-refractivity contribution is -0.134. The van der Waals surface area contributed by atoms with Gasteiger partial charge in [-0.1, -0.05) is 12.1 Å². The van der Waals surface area contributed by atoms with Gasteiger partial charge in [0, 0.05) is 37.0 Å². The summed E-state index contributed by atoms with van der Waals surface area (Å²) >= 11 is 0. The van der Waals surface area contributed by atoms with E-state index in [-0.39, 0.29) is 23.7 Å². The molecule has 1 aromatic carbocycles. The molecule has 2 aliphatic heterocycles. The highest BCUT2D eigenvalue weighted by Gasteiger charge is 2.28. The SMILES string of the molecule is Cc1cc(C(=O)CN2CCC(C(=O)N(C)C)CC2)c(C)n1CC1COc2ccccc2O1. The lowest BCUT2D eigenvalue weighted by atomic mass is 9.95. The predicted octanol–water partition coefficient (Wildman–Crippen LogP) is 2.93. The van der Waals surface area contributed by atoms with Crippen LogP contribution in [0, 0.1) is 19.8 Å². The number of fused-ring (bicyclic) bond motifs is 1. The number of piperidine rings is 1. The second kappa shape index (κ2) is 9.36. The molecule has 1 atom stereocenters. The number of hydrogen-bond acceptors (Lipinski definition) is 5. The second-order valence-corrected chi connectivity index (χ2v) is 9.10. The first-order chi connectivity index (χ1) is 15.3. The zero-order valence-corrected chi connectivity index (χ0v) is 19.5. The zero-order chi connectivity index (χ0) is 22.8. The first-order valence-electron chi connectivity index (χ1n) is 11.4. The van der Waals surface area contributed by atoms with E-state index in [0.29, 0.717) is 19.7 Å². The van der Waals surface area contributed by atoms with Gasteiger partial charge in [0.2, 0.25) is 5.91 Å². The molecule has 7 heteroatoms. The van der Waals surface area contributed by atoms with E-state index in [2.05, 4.69) is 9.47 Å². The van der Waals surface area contributed by atoms with E-state index in [1.807, 2.05) is 44.2 Å². The summed E-state index contributed by atoms with van der Waals surface area (Å²) in [5, 5.41) is 0. The number of aryl methyl sites for hydroxylation is 1. The fourth-order valence-electron chi connectivity index (χ4n) is 4.71. The van der Waals surface area contributed by atoms with Gasteiger partial charge in [-0.15, -0.1) is 0 Å². The van der Waals surface area contributed by atoms with Crippen LogP contribution in [0.5, 0.6) is 11.5 Å². The number of benzene rings is 1. The monoisotopic (exact) mass is 439 g/mol. The zero-order valence-electron chi connectivity index (χ0n) is 19.5. The maximum atomic E-state index is 13.1. The maximum Gasteiger partial charge on any atom is 0.225 e. The molecule has 2 aromatic rings. The first kappa shape index (κ1) is 22.4. The Balaban J connectivity index is 1.37. The average molecular weight is 440 g/mol. The minimum absolute atomic E-state index is 0.0734. The van der Waals surface area contributed by atoms with Crippen LogP contribution in [0.25, 0.3) is 0 Å². The standard InChI is InChI=1S/C25H33N3O4/c1-17-13-21(22(29)15-27-11-9-19(10-12-27)25(30)26(3)4)18(2)28(17)14-20-16-31-23-7-5-6-8-24(23)32-20/h5-8,13,19-20H,9-12,14-16H2,1-4H3. The lowest BCUT2D eigenvalue weighted by Gasteiger charge is -2.31. The van der Waals surface area contributed by atoms with Gasteiger partial charge in [-0.05, 0) is 58.0 Å². The van der Waals surface area contributed by atoms with Gasteiger partial charge in [0.15, 0.2) is 23.4 Å². The van der Waals surface area contributed by atoms with E-state index in [9.17, 15) is 9.59 Å². The van der Waals surface area contributed by atoms with Crippen LogP contribution in [0.15, 0.2) is 30.3 Å². The largest absolute Gasteiger partial charge is 0.486 e. The average Bonchev–Trinajstić information content (AvgIpc) is 3.07. The number of Topliss-reactive ketones (excluding diaryl/α,β-unsaturated/α-hetero) is 1. The van der Waals surface area contributed by atoms with Crippen molar-refractivity contribution < 1.29 is 19.1 Å². The molecule has 4 rings (SSSR count). The third-order valence-corrected chi connectivity index (χ3v) is 6.57. The molecule has 0 aliphatic carbocycles. The molecule has 1 unspecified atom stereocenters. The molecular weight excluding hydrogens is 406 g/mol. The Kier molecular flexibility index (Phi) is 6.55. The molecule has 1 amide bonds. The highest BCUT2D eigenvalue weighted by molar-refractivity contribution is 5.99. The molecule has 0 N–H and O–H groups in total. The Hall–Kier alpha value is -2.80. The van der Waals surface area contributed by atoms with Gasteiger partial charge in [0.25, 0.3) is 0 Å². The molecule has 2 aliphatic rings. The van der Waals surface area contributed by atoms with Crippen molar-refractivity contribution >= 4 is 11.7 Å². The number of ketones is 1. The van der Waals surface area contributed by atoms with Crippen molar-refractivity contribution in [2.45, 2.75) is 39.3 Å². The van der Waals surface area contributed by atoms with Gasteiger partial charge in [-0.3, -0.25) is 14.5 Å². The summed E-state index contributed by atoms with van der Waals surface area (Å²) in [4.78, 5) is 29.1. The highest BCUT2D eigenvalue weighted by Crippen LogP contribution is 2.31. The van der Waals surface area contributed by atoms with Crippen molar-refractivity contribution in [3.05, 3.63) is 47.3 Å². The first-order valence-corrected chi connectivity index (χ1v) is 11.4. The van der Waals surface area contributed by atoms with Gasteiger partial charge >= 0.3 is 0 Å². The molecule has 32 heavy (non-hydrogen) atoms.